The van der Waals surface area contributed by atoms with Crippen molar-refractivity contribution < 1.29 is 4.39 Å². The van der Waals surface area contributed by atoms with Gasteiger partial charge in [-0.3, -0.25) is 4.90 Å². The van der Waals surface area contributed by atoms with Gasteiger partial charge in [-0.25, -0.2) is 4.39 Å². The van der Waals surface area contributed by atoms with Crippen molar-refractivity contribution in [3.63, 3.8) is 0 Å². The number of benzene rings is 2. The van der Waals surface area contributed by atoms with E-state index in [-0.39, 0.29) is 5.82 Å². The SMILES string of the molecule is Fc1ccc2[nH]c3c(c2c1)CN(Cc1ccc(C2CCCCC2)cc1)CC3. The molecule has 2 nitrogen and oxygen atoms in total. The molecule has 3 aromatic rings. The third kappa shape index (κ3) is 3.41. The zero-order chi connectivity index (χ0) is 18.2. The Labute approximate surface area is 160 Å². The van der Waals surface area contributed by atoms with Crippen molar-refractivity contribution in [1.82, 2.24) is 9.88 Å². The molecule has 1 saturated carbocycles. The smallest absolute Gasteiger partial charge is 0.123 e. The Hall–Kier alpha value is -2.13. The van der Waals surface area contributed by atoms with Crippen molar-refractivity contribution in [2.24, 2.45) is 0 Å². The van der Waals surface area contributed by atoms with E-state index in [0.29, 0.717) is 0 Å². The zero-order valence-electron chi connectivity index (χ0n) is 15.8. The van der Waals surface area contributed by atoms with Crippen LogP contribution in [0.4, 0.5) is 4.39 Å². The first-order chi connectivity index (χ1) is 13.3. The maximum absolute atomic E-state index is 13.7. The highest BCUT2D eigenvalue weighted by Crippen LogP contribution is 2.33. The van der Waals surface area contributed by atoms with Gasteiger partial charge in [-0.15, -0.1) is 0 Å². The minimum atomic E-state index is -0.153. The molecule has 2 aliphatic rings. The van der Waals surface area contributed by atoms with Gasteiger partial charge >= 0.3 is 0 Å². The van der Waals surface area contributed by atoms with Crippen molar-refractivity contribution in [1.29, 1.82) is 0 Å². The fraction of sp³-hybridized carbons (Fsp3) is 0.417. The molecule has 1 aliphatic carbocycles. The summed E-state index contributed by atoms with van der Waals surface area (Å²) in [5.41, 5.74) is 6.50. The van der Waals surface area contributed by atoms with Crippen LogP contribution in [0, 0.1) is 5.82 Å². The predicted octanol–water partition coefficient (Wildman–Crippen LogP) is 5.91. The lowest BCUT2D eigenvalue weighted by atomic mass is 9.84. The average molecular weight is 362 g/mol. The van der Waals surface area contributed by atoms with Gasteiger partial charge < -0.3 is 4.98 Å². The number of hydrogen-bond donors (Lipinski definition) is 1. The predicted molar refractivity (Wildman–Crippen MR) is 108 cm³/mol. The molecule has 1 aliphatic heterocycles. The van der Waals surface area contributed by atoms with E-state index in [1.807, 2.05) is 6.07 Å². The van der Waals surface area contributed by atoms with Gasteiger partial charge in [0.2, 0.25) is 0 Å². The molecule has 27 heavy (non-hydrogen) atoms. The summed E-state index contributed by atoms with van der Waals surface area (Å²) in [4.78, 5) is 5.96. The maximum atomic E-state index is 13.7. The fourth-order valence-electron chi connectivity index (χ4n) is 4.97. The second-order valence-corrected chi connectivity index (χ2v) is 8.31. The Morgan fingerprint density at radius 2 is 1.81 bits per heavy atom. The molecule has 0 bridgehead atoms. The number of fused-ring (bicyclic) bond motifs is 3. The second kappa shape index (κ2) is 7.12. The lowest BCUT2D eigenvalue weighted by Gasteiger charge is -2.27. The minimum Gasteiger partial charge on any atom is -0.358 e. The Bertz CT molecular complexity index is 935. The number of nitrogens with zero attached hydrogens (tertiary/aromatic N) is 1. The second-order valence-electron chi connectivity index (χ2n) is 8.31. The number of nitrogens with one attached hydrogen (secondary N) is 1. The van der Waals surface area contributed by atoms with E-state index in [1.165, 1.54) is 60.6 Å². The highest BCUT2D eigenvalue weighted by molar-refractivity contribution is 5.84. The fourth-order valence-corrected chi connectivity index (χ4v) is 4.97. The van der Waals surface area contributed by atoms with Gasteiger partial charge in [0.25, 0.3) is 0 Å². The number of H-pyrrole nitrogens is 1. The third-order valence-electron chi connectivity index (χ3n) is 6.48. The Balaban J connectivity index is 1.31. The Morgan fingerprint density at radius 3 is 2.63 bits per heavy atom. The van der Waals surface area contributed by atoms with Crippen LogP contribution < -0.4 is 0 Å². The summed E-state index contributed by atoms with van der Waals surface area (Å²) in [5.74, 6) is 0.617. The van der Waals surface area contributed by atoms with Crippen LogP contribution in [0.5, 0.6) is 0 Å². The number of halogens is 1. The quantitative estimate of drug-likeness (QED) is 0.613. The topological polar surface area (TPSA) is 19.0 Å². The molecule has 5 rings (SSSR count). The molecule has 2 aromatic carbocycles. The molecule has 0 atom stereocenters. The molecular weight excluding hydrogens is 335 g/mol. The van der Waals surface area contributed by atoms with Crippen LogP contribution in [0.1, 0.15) is 60.4 Å². The standard InChI is InChI=1S/C24H27FN2/c25-20-10-11-23-21(14-20)22-16-27(13-12-24(22)26-23)15-17-6-8-19(9-7-17)18-4-2-1-3-5-18/h6-11,14,18,26H,1-5,12-13,15-16H2. The Kier molecular flexibility index (Phi) is 4.48. The van der Waals surface area contributed by atoms with Gasteiger partial charge in [-0.05, 0) is 53.6 Å². The number of aromatic nitrogens is 1. The van der Waals surface area contributed by atoms with Gasteiger partial charge in [-0.2, -0.15) is 0 Å². The maximum Gasteiger partial charge on any atom is 0.123 e. The first-order valence-corrected chi connectivity index (χ1v) is 10.4. The van der Waals surface area contributed by atoms with Gasteiger partial charge in [0.15, 0.2) is 0 Å². The van der Waals surface area contributed by atoms with E-state index in [4.69, 9.17) is 0 Å². The lowest BCUT2D eigenvalue weighted by Crippen LogP contribution is -2.29. The highest BCUT2D eigenvalue weighted by Gasteiger charge is 2.21. The number of aromatic amines is 1. The van der Waals surface area contributed by atoms with Crippen molar-refractivity contribution in [3.05, 3.63) is 70.7 Å². The van der Waals surface area contributed by atoms with Crippen molar-refractivity contribution in [2.75, 3.05) is 6.54 Å². The third-order valence-corrected chi connectivity index (χ3v) is 6.48. The molecule has 140 valence electrons. The van der Waals surface area contributed by atoms with Crippen LogP contribution in [0.15, 0.2) is 42.5 Å². The largest absolute Gasteiger partial charge is 0.358 e. The molecule has 0 unspecified atom stereocenters. The molecule has 2 heterocycles. The van der Waals surface area contributed by atoms with Gasteiger partial charge in [0, 0.05) is 42.7 Å². The zero-order valence-corrected chi connectivity index (χ0v) is 15.8. The summed E-state index contributed by atoms with van der Waals surface area (Å²) in [6.07, 6.45) is 7.88. The van der Waals surface area contributed by atoms with Gasteiger partial charge in [0.1, 0.15) is 5.82 Å². The van der Waals surface area contributed by atoms with E-state index < -0.39 is 0 Å². The first-order valence-electron chi connectivity index (χ1n) is 10.4. The summed E-state index contributed by atoms with van der Waals surface area (Å²) < 4.78 is 13.7. The van der Waals surface area contributed by atoms with Crippen LogP contribution in [-0.4, -0.2) is 16.4 Å². The van der Waals surface area contributed by atoms with E-state index >= 15 is 0 Å². The summed E-state index contributed by atoms with van der Waals surface area (Å²) in [6, 6.07) is 14.4. The van der Waals surface area contributed by atoms with Crippen LogP contribution in [0.3, 0.4) is 0 Å². The van der Waals surface area contributed by atoms with Crippen molar-refractivity contribution >= 4 is 10.9 Å². The minimum absolute atomic E-state index is 0.153. The first kappa shape index (κ1) is 17.0. The van der Waals surface area contributed by atoms with E-state index in [2.05, 4.69) is 34.1 Å². The van der Waals surface area contributed by atoms with Gasteiger partial charge in [-0.1, -0.05) is 43.5 Å². The molecule has 0 spiro atoms. The highest BCUT2D eigenvalue weighted by atomic mass is 19.1. The van der Waals surface area contributed by atoms with E-state index in [9.17, 15) is 4.39 Å². The lowest BCUT2D eigenvalue weighted by molar-refractivity contribution is 0.245. The van der Waals surface area contributed by atoms with Crippen LogP contribution in [-0.2, 0) is 19.5 Å². The molecule has 0 radical (unpaired) electrons. The summed E-state index contributed by atoms with van der Waals surface area (Å²) in [5, 5.41) is 1.04. The van der Waals surface area contributed by atoms with E-state index in [1.54, 1.807) is 6.07 Å². The summed E-state index contributed by atoms with van der Waals surface area (Å²) >= 11 is 0. The normalized spacial score (nSPS) is 18.7. The monoisotopic (exact) mass is 362 g/mol. The van der Waals surface area contributed by atoms with Crippen LogP contribution in [0.2, 0.25) is 0 Å². The molecule has 3 heteroatoms. The molecule has 1 N–H and O–H groups in total. The van der Waals surface area contributed by atoms with Crippen molar-refractivity contribution in [2.45, 2.75) is 57.5 Å². The molecule has 1 aromatic heterocycles. The number of rotatable bonds is 3. The van der Waals surface area contributed by atoms with Crippen molar-refractivity contribution in [3.8, 4) is 0 Å². The molecule has 0 amide bonds. The van der Waals surface area contributed by atoms with Crippen LogP contribution >= 0.6 is 0 Å². The van der Waals surface area contributed by atoms with Crippen LogP contribution in [0.25, 0.3) is 10.9 Å². The molecule has 1 fully saturated rings. The molecule has 0 saturated heterocycles. The summed E-state index contributed by atoms with van der Waals surface area (Å²) in [6.45, 7) is 2.90. The summed E-state index contributed by atoms with van der Waals surface area (Å²) in [7, 11) is 0. The van der Waals surface area contributed by atoms with E-state index in [0.717, 1.165) is 42.9 Å². The van der Waals surface area contributed by atoms with Gasteiger partial charge in [0.05, 0.1) is 0 Å². The average Bonchev–Trinajstić information content (AvgIpc) is 3.06. The molecular formula is C24H27FN2. The number of hydrogen-bond acceptors (Lipinski definition) is 1. The Morgan fingerprint density at radius 1 is 1.00 bits per heavy atom.